The Bertz CT molecular complexity index is 1270. The Kier molecular flexibility index (Phi) is 7.17. The number of nitrogens with one attached hydrogen (secondary N) is 2. The zero-order chi connectivity index (χ0) is 24.9. The molecular weight excluding hydrogens is 466 g/mol. The second kappa shape index (κ2) is 10.4. The first kappa shape index (κ1) is 24.0. The average molecular weight is 490 g/mol. The van der Waals surface area contributed by atoms with Crippen molar-refractivity contribution in [3.8, 4) is 5.75 Å². The predicted octanol–water partition coefficient (Wildman–Crippen LogP) is 4.33. The smallest absolute Gasteiger partial charge is 0.255 e. The van der Waals surface area contributed by atoms with Crippen LogP contribution in [0.3, 0.4) is 0 Å². The van der Waals surface area contributed by atoms with Crippen molar-refractivity contribution in [2.75, 3.05) is 22.6 Å². The number of amides is 4. The van der Waals surface area contributed by atoms with Gasteiger partial charge in [0.1, 0.15) is 5.75 Å². The van der Waals surface area contributed by atoms with E-state index in [0.717, 1.165) is 4.90 Å². The van der Waals surface area contributed by atoms with Gasteiger partial charge in [-0.2, -0.15) is 0 Å². The molecule has 0 aliphatic carbocycles. The second-order valence-corrected chi connectivity index (χ2v) is 9.09. The average Bonchev–Trinajstić information content (AvgIpc) is 3.13. The molecule has 3 aromatic rings. The summed E-state index contributed by atoms with van der Waals surface area (Å²) >= 11 is 1.30. The van der Waals surface area contributed by atoms with Crippen molar-refractivity contribution < 1.29 is 23.9 Å². The van der Waals surface area contributed by atoms with E-state index in [9.17, 15) is 19.2 Å². The van der Waals surface area contributed by atoms with E-state index >= 15 is 0 Å². The summed E-state index contributed by atoms with van der Waals surface area (Å²) in [6.45, 7) is 1.41. The SMILES string of the molecule is COc1cccc(C(=O)Nc2ccc(SC3CC(=O)N(c4ccc(NC(C)=O)cc4)C3=O)cc2)c1. The van der Waals surface area contributed by atoms with Gasteiger partial charge >= 0.3 is 0 Å². The highest BCUT2D eigenvalue weighted by Gasteiger charge is 2.40. The molecule has 9 heteroatoms. The number of hydrogen-bond acceptors (Lipinski definition) is 6. The van der Waals surface area contributed by atoms with Crippen LogP contribution in [-0.2, 0) is 14.4 Å². The Morgan fingerprint density at radius 3 is 2.26 bits per heavy atom. The van der Waals surface area contributed by atoms with Crippen molar-refractivity contribution in [2.45, 2.75) is 23.5 Å². The fourth-order valence-corrected chi connectivity index (χ4v) is 4.67. The normalized spacial score (nSPS) is 15.1. The van der Waals surface area contributed by atoms with Gasteiger partial charge in [0.15, 0.2) is 0 Å². The number of methoxy groups -OCH3 is 1. The lowest BCUT2D eigenvalue weighted by atomic mass is 10.2. The summed E-state index contributed by atoms with van der Waals surface area (Å²) in [4.78, 5) is 51.2. The van der Waals surface area contributed by atoms with Gasteiger partial charge < -0.3 is 15.4 Å². The van der Waals surface area contributed by atoms with Crippen LogP contribution in [0.25, 0.3) is 0 Å². The van der Waals surface area contributed by atoms with Crippen LogP contribution in [0, 0.1) is 0 Å². The largest absolute Gasteiger partial charge is 0.497 e. The van der Waals surface area contributed by atoms with Crippen molar-refractivity contribution in [2.24, 2.45) is 0 Å². The minimum atomic E-state index is -0.547. The molecule has 1 saturated heterocycles. The van der Waals surface area contributed by atoms with E-state index in [1.807, 2.05) is 0 Å². The van der Waals surface area contributed by atoms with Crippen molar-refractivity contribution >= 4 is 52.5 Å². The van der Waals surface area contributed by atoms with Crippen molar-refractivity contribution in [3.63, 3.8) is 0 Å². The zero-order valence-electron chi connectivity index (χ0n) is 19.1. The molecule has 1 atom stereocenters. The molecule has 0 bridgehead atoms. The fraction of sp³-hybridized carbons (Fsp3) is 0.154. The molecule has 0 radical (unpaired) electrons. The third kappa shape index (κ3) is 5.70. The van der Waals surface area contributed by atoms with Gasteiger partial charge in [0.25, 0.3) is 5.91 Å². The highest BCUT2D eigenvalue weighted by atomic mass is 32.2. The highest BCUT2D eigenvalue weighted by Crippen LogP contribution is 2.34. The lowest BCUT2D eigenvalue weighted by Crippen LogP contribution is -2.31. The molecular formula is C26H23N3O5S. The first-order chi connectivity index (χ1) is 16.8. The third-order valence-corrected chi connectivity index (χ3v) is 6.47. The van der Waals surface area contributed by atoms with Gasteiger partial charge in [-0.05, 0) is 66.7 Å². The number of carbonyl (C=O) groups is 4. The molecule has 3 aromatic carbocycles. The van der Waals surface area contributed by atoms with Crippen LogP contribution in [0.5, 0.6) is 5.75 Å². The topological polar surface area (TPSA) is 105 Å². The zero-order valence-corrected chi connectivity index (χ0v) is 19.9. The van der Waals surface area contributed by atoms with Crippen LogP contribution >= 0.6 is 11.8 Å². The van der Waals surface area contributed by atoms with E-state index in [4.69, 9.17) is 4.74 Å². The maximum absolute atomic E-state index is 13.0. The van der Waals surface area contributed by atoms with Crippen LogP contribution in [0.2, 0.25) is 0 Å². The lowest BCUT2D eigenvalue weighted by molar-refractivity contribution is -0.121. The van der Waals surface area contributed by atoms with Crippen LogP contribution < -0.4 is 20.3 Å². The summed E-state index contributed by atoms with van der Waals surface area (Å²) in [5, 5.41) is 4.94. The van der Waals surface area contributed by atoms with Crippen LogP contribution in [0.15, 0.2) is 77.7 Å². The predicted molar refractivity (Wildman–Crippen MR) is 135 cm³/mol. The Labute approximate surface area is 206 Å². The molecule has 0 spiro atoms. The standard InChI is InChI=1S/C26H23N3O5S/c1-16(30)27-18-6-10-20(11-7-18)29-24(31)15-23(26(29)33)35-22-12-8-19(9-13-22)28-25(32)17-4-3-5-21(14-17)34-2/h3-14,23H,15H2,1-2H3,(H,27,30)(H,28,32). The van der Waals surface area contributed by atoms with Crippen LogP contribution in [0.4, 0.5) is 17.1 Å². The number of thioether (sulfide) groups is 1. The summed E-state index contributed by atoms with van der Waals surface area (Å²) in [6, 6.07) is 20.5. The van der Waals surface area contributed by atoms with Crippen LogP contribution in [0.1, 0.15) is 23.7 Å². The summed E-state index contributed by atoms with van der Waals surface area (Å²) in [5.41, 5.74) is 2.14. The number of imide groups is 1. The second-order valence-electron chi connectivity index (χ2n) is 7.82. The Hall–Kier alpha value is -4.11. The van der Waals surface area contributed by atoms with Gasteiger partial charge in [0.2, 0.25) is 17.7 Å². The van der Waals surface area contributed by atoms with E-state index in [0.29, 0.717) is 28.4 Å². The number of rotatable bonds is 7. The number of ether oxygens (including phenoxy) is 1. The Morgan fingerprint density at radius 2 is 1.60 bits per heavy atom. The van der Waals surface area contributed by atoms with Gasteiger partial charge in [-0.25, -0.2) is 4.90 Å². The van der Waals surface area contributed by atoms with E-state index in [1.54, 1.807) is 79.9 Å². The summed E-state index contributed by atoms with van der Waals surface area (Å²) in [6.07, 6.45) is 0.0886. The Balaban J connectivity index is 1.38. The number of benzene rings is 3. The maximum atomic E-state index is 13.0. The summed E-state index contributed by atoms with van der Waals surface area (Å²) in [7, 11) is 1.54. The Morgan fingerprint density at radius 1 is 0.943 bits per heavy atom. The molecule has 1 aliphatic rings. The molecule has 0 aromatic heterocycles. The highest BCUT2D eigenvalue weighted by molar-refractivity contribution is 8.00. The lowest BCUT2D eigenvalue weighted by Gasteiger charge is -2.15. The van der Waals surface area contributed by atoms with Gasteiger partial charge in [-0.1, -0.05) is 6.07 Å². The van der Waals surface area contributed by atoms with Gasteiger partial charge in [0, 0.05) is 35.2 Å². The monoisotopic (exact) mass is 489 g/mol. The molecule has 1 aliphatic heterocycles. The van der Waals surface area contributed by atoms with E-state index in [1.165, 1.54) is 23.6 Å². The maximum Gasteiger partial charge on any atom is 0.255 e. The number of anilines is 3. The summed E-state index contributed by atoms with van der Waals surface area (Å²) in [5.74, 6) is -0.433. The summed E-state index contributed by atoms with van der Waals surface area (Å²) < 4.78 is 5.15. The molecule has 4 rings (SSSR count). The van der Waals surface area contributed by atoms with Gasteiger partial charge in [0.05, 0.1) is 18.0 Å². The molecule has 178 valence electrons. The first-order valence-corrected chi connectivity index (χ1v) is 11.7. The molecule has 2 N–H and O–H groups in total. The molecule has 0 saturated carbocycles. The molecule has 1 unspecified atom stereocenters. The molecule has 8 nitrogen and oxygen atoms in total. The van der Waals surface area contributed by atoms with Crippen molar-refractivity contribution in [1.29, 1.82) is 0 Å². The van der Waals surface area contributed by atoms with Crippen molar-refractivity contribution in [3.05, 3.63) is 78.4 Å². The van der Waals surface area contributed by atoms with Crippen molar-refractivity contribution in [1.82, 2.24) is 0 Å². The number of hydrogen-bond donors (Lipinski definition) is 2. The fourth-order valence-electron chi connectivity index (χ4n) is 3.61. The molecule has 35 heavy (non-hydrogen) atoms. The molecule has 1 fully saturated rings. The van der Waals surface area contributed by atoms with Crippen LogP contribution in [-0.4, -0.2) is 36.0 Å². The number of carbonyl (C=O) groups excluding carboxylic acids is 4. The molecule has 1 heterocycles. The van der Waals surface area contributed by atoms with E-state index in [-0.39, 0.29) is 30.0 Å². The molecule has 4 amide bonds. The minimum absolute atomic E-state index is 0.0886. The quantitative estimate of drug-likeness (QED) is 0.479. The third-order valence-electron chi connectivity index (χ3n) is 5.27. The van der Waals surface area contributed by atoms with Gasteiger partial charge in [-0.15, -0.1) is 11.8 Å². The minimum Gasteiger partial charge on any atom is -0.497 e. The first-order valence-electron chi connectivity index (χ1n) is 10.8. The van der Waals surface area contributed by atoms with E-state index in [2.05, 4.69) is 10.6 Å². The number of nitrogens with zero attached hydrogens (tertiary/aromatic N) is 1. The van der Waals surface area contributed by atoms with E-state index < -0.39 is 5.25 Å². The van der Waals surface area contributed by atoms with Gasteiger partial charge in [-0.3, -0.25) is 19.2 Å².